The molecule has 1 fully saturated rings. The van der Waals surface area contributed by atoms with Crippen molar-refractivity contribution in [3.63, 3.8) is 0 Å². The number of phenolic OH excluding ortho intramolecular Hbond substituents is 1. The summed E-state index contributed by atoms with van der Waals surface area (Å²) in [4.78, 5) is 22.3. The van der Waals surface area contributed by atoms with E-state index in [-0.39, 0.29) is 17.9 Å². The van der Waals surface area contributed by atoms with Gasteiger partial charge in [-0.15, -0.1) is 0 Å². The van der Waals surface area contributed by atoms with Crippen LogP contribution in [-0.4, -0.2) is 28.8 Å². The number of phenols is 1. The van der Waals surface area contributed by atoms with E-state index in [1.807, 2.05) is 0 Å². The lowest BCUT2D eigenvalue weighted by atomic mass is 9.95. The van der Waals surface area contributed by atoms with Crippen molar-refractivity contribution in [1.29, 1.82) is 0 Å². The molecule has 6 heteroatoms. The van der Waals surface area contributed by atoms with Crippen LogP contribution in [0.15, 0.2) is 18.2 Å². The number of carbonyl (C=O) groups excluding carboxylic acids is 1. The number of rotatable bonds is 4. The summed E-state index contributed by atoms with van der Waals surface area (Å²) in [7, 11) is 0. The maximum absolute atomic E-state index is 11.3. The molecular weight excluding hydrogens is 252 g/mol. The molecule has 0 aromatic heterocycles. The Labute approximate surface area is 109 Å². The Balaban J connectivity index is 2.32. The summed E-state index contributed by atoms with van der Waals surface area (Å²) in [6, 6.07) is 4.42. The topological polar surface area (TPSA) is 93.1 Å². The number of benzene rings is 1. The van der Waals surface area contributed by atoms with Crippen LogP contribution in [0.4, 0.5) is 0 Å². The molecule has 2 rings (SSSR count). The Morgan fingerprint density at radius 3 is 2.89 bits per heavy atom. The zero-order chi connectivity index (χ0) is 14.0. The van der Waals surface area contributed by atoms with Gasteiger partial charge in [0.25, 0.3) is 0 Å². The van der Waals surface area contributed by atoms with Crippen molar-refractivity contribution in [3.8, 4) is 11.5 Å². The van der Waals surface area contributed by atoms with E-state index < -0.39 is 24.0 Å². The van der Waals surface area contributed by atoms with E-state index in [4.69, 9.17) is 14.6 Å². The summed E-state index contributed by atoms with van der Waals surface area (Å²) in [6.07, 6.45) is -0.991. The van der Waals surface area contributed by atoms with Gasteiger partial charge in [-0.05, 0) is 24.6 Å². The highest BCUT2D eigenvalue weighted by Crippen LogP contribution is 2.38. The second kappa shape index (κ2) is 5.17. The molecule has 1 aromatic rings. The molecule has 0 bridgehead atoms. The van der Waals surface area contributed by atoms with E-state index in [2.05, 4.69) is 0 Å². The first-order chi connectivity index (χ1) is 9.02. The lowest BCUT2D eigenvalue weighted by molar-refractivity contribution is -0.144. The van der Waals surface area contributed by atoms with Gasteiger partial charge in [0.05, 0.1) is 13.0 Å². The fourth-order valence-corrected chi connectivity index (χ4v) is 2.05. The van der Waals surface area contributed by atoms with Gasteiger partial charge in [-0.3, -0.25) is 9.59 Å². The van der Waals surface area contributed by atoms with Crippen molar-refractivity contribution in [2.75, 3.05) is 6.61 Å². The van der Waals surface area contributed by atoms with Crippen molar-refractivity contribution in [3.05, 3.63) is 23.8 Å². The largest absolute Gasteiger partial charge is 0.504 e. The highest BCUT2D eigenvalue weighted by atomic mass is 16.6. The van der Waals surface area contributed by atoms with Crippen molar-refractivity contribution in [2.45, 2.75) is 19.4 Å². The molecule has 0 amide bonds. The minimum atomic E-state index is -1.08. The molecule has 102 valence electrons. The Morgan fingerprint density at radius 2 is 2.26 bits per heavy atom. The molecule has 0 saturated carbocycles. The molecule has 0 aliphatic carbocycles. The molecule has 1 aliphatic rings. The number of carbonyl (C=O) groups is 2. The zero-order valence-corrected chi connectivity index (χ0v) is 10.3. The number of hydrogen-bond acceptors (Lipinski definition) is 5. The van der Waals surface area contributed by atoms with Gasteiger partial charge in [-0.1, -0.05) is 6.07 Å². The molecule has 0 radical (unpaired) electrons. The number of carboxylic acids is 1. The van der Waals surface area contributed by atoms with Crippen LogP contribution in [0, 0.1) is 5.92 Å². The Hall–Kier alpha value is -2.24. The molecule has 0 unspecified atom stereocenters. The fourth-order valence-electron chi connectivity index (χ4n) is 2.05. The maximum atomic E-state index is 11.3. The van der Waals surface area contributed by atoms with E-state index in [0.717, 1.165) is 0 Å². The lowest BCUT2D eigenvalue weighted by Gasteiger charge is -2.16. The van der Waals surface area contributed by atoms with E-state index in [9.17, 15) is 14.7 Å². The second-order valence-electron chi connectivity index (χ2n) is 4.22. The fraction of sp³-hybridized carbons (Fsp3) is 0.385. The molecule has 1 heterocycles. The van der Waals surface area contributed by atoms with Crippen molar-refractivity contribution >= 4 is 11.9 Å². The molecule has 2 N–H and O–H groups in total. The first kappa shape index (κ1) is 13.2. The third-order valence-corrected chi connectivity index (χ3v) is 2.94. The third kappa shape index (κ3) is 2.62. The Morgan fingerprint density at radius 1 is 1.53 bits per heavy atom. The van der Waals surface area contributed by atoms with Gasteiger partial charge in [0, 0.05) is 0 Å². The van der Waals surface area contributed by atoms with Crippen molar-refractivity contribution < 1.29 is 29.3 Å². The minimum absolute atomic E-state index is 0.0400. The number of esters is 1. The highest BCUT2D eigenvalue weighted by molar-refractivity contribution is 5.82. The number of carboxylic acid groups (broad SMARTS) is 1. The molecular formula is C13H14O6. The van der Waals surface area contributed by atoms with E-state index >= 15 is 0 Å². The van der Waals surface area contributed by atoms with Gasteiger partial charge in [-0.25, -0.2) is 0 Å². The Kier molecular flexibility index (Phi) is 3.59. The normalized spacial score (nSPS) is 22.1. The molecule has 1 saturated heterocycles. The second-order valence-corrected chi connectivity index (χ2v) is 4.22. The van der Waals surface area contributed by atoms with Crippen LogP contribution in [0.1, 0.15) is 25.0 Å². The Bertz CT molecular complexity index is 510. The third-order valence-electron chi connectivity index (χ3n) is 2.94. The molecule has 2 atom stereocenters. The van der Waals surface area contributed by atoms with E-state index in [1.165, 1.54) is 18.2 Å². The number of cyclic esters (lactones) is 1. The standard InChI is InChI=1S/C13H14O6/c1-2-18-10-5-7(3-4-9(10)14)12-8(13(16)17)6-11(15)19-12/h3-5,8,12,14H,2,6H2,1H3,(H,16,17)/t8-,12-/m0/s1. The first-order valence-corrected chi connectivity index (χ1v) is 5.91. The van der Waals surface area contributed by atoms with Gasteiger partial charge >= 0.3 is 11.9 Å². The highest BCUT2D eigenvalue weighted by Gasteiger charge is 2.41. The van der Waals surface area contributed by atoms with Gasteiger partial charge in [0.15, 0.2) is 11.5 Å². The summed E-state index contributed by atoms with van der Waals surface area (Å²) in [6.45, 7) is 2.13. The number of aliphatic carboxylic acids is 1. The van der Waals surface area contributed by atoms with Crippen LogP contribution in [0.2, 0.25) is 0 Å². The predicted octanol–water partition coefficient (Wildman–Crippen LogP) is 1.48. The molecule has 1 aliphatic heterocycles. The van der Waals surface area contributed by atoms with Gasteiger partial charge in [0.1, 0.15) is 12.0 Å². The maximum Gasteiger partial charge on any atom is 0.311 e. The van der Waals surface area contributed by atoms with Crippen molar-refractivity contribution in [1.82, 2.24) is 0 Å². The lowest BCUT2D eigenvalue weighted by Crippen LogP contribution is -2.17. The number of aromatic hydroxyl groups is 1. The summed E-state index contributed by atoms with van der Waals surface area (Å²) in [5.74, 6) is -2.33. The average molecular weight is 266 g/mol. The zero-order valence-electron chi connectivity index (χ0n) is 10.3. The number of hydrogen-bond donors (Lipinski definition) is 2. The summed E-state index contributed by atoms with van der Waals surface area (Å²) >= 11 is 0. The molecule has 1 aromatic carbocycles. The smallest absolute Gasteiger partial charge is 0.311 e. The molecule has 0 spiro atoms. The van der Waals surface area contributed by atoms with E-state index in [1.54, 1.807) is 6.92 Å². The molecule has 6 nitrogen and oxygen atoms in total. The van der Waals surface area contributed by atoms with Gasteiger partial charge in [0.2, 0.25) is 0 Å². The van der Waals surface area contributed by atoms with E-state index in [0.29, 0.717) is 12.2 Å². The molecule has 19 heavy (non-hydrogen) atoms. The van der Waals surface area contributed by atoms with Gasteiger partial charge < -0.3 is 19.7 Å². The predicted molar refractivity (Wildman–Crippen MR) is 63.9 cm³/mol. The summed E-state index contributed by atoms with van der Waals surface area (Å²) < 4.78 is 10.3. The van der Waals surface area contributed by atoms with Crippen LogP contribution in [0.25, 0.3) is 0 Å². The van der Waals surface area contributed by atoms with Crippen molar-refractivity contribution in [2.24, 2.45) is 5.92 Å². The SMILES string of the molecule is CCOc1cc([C@@H]2OC(=O)C[C@@H]2C(=O)O)ccc1O. The van der Waals surface area contributed by atoms with Crippen LogP contribution < -0.4 is 4.74 Å². The van der Waals surface area contributed by atoms with Crippen LogP contribution in [0.5, 0.6) is 11.5 Å². The van der Waals surface area contributed by atoms with Gasteiger partial charge in [-0.2, -0.15) is 0 Å². The quantitative estimate of drug-likeness (QED) is 0.802. The van der Waals surface area contributed by atoms with Crippen LogP contribution in [-0.2, 0) is 14.3 Å². The summed E-state index contributed by atoms with van der Waals surface area (Å²) in [5, 5.41) is 18.7. The monoisotopic (exact) mass is 266 g/mol. The number of ether oxygens (including phenoxy) is 2. The minimum Gasteiger partial charge on any atom is -0.504 e. The summed E-state index contributed by atoms with van der Waals surface area (Å²) in [5.41, 5.74) is 0.500. The average Bonchev–Trinajstić information content (AvgIpc) is 2.75. The van der Waals surface area contributed by atoms with Crippen LogP contribution >= 0.6 is 0 Å². The first-order valence-electron chi connectivity index (χ1n) is 5.91. The van der Waals surface area contributed by atoms with Crippen LogP contribution in [0.3, 0.4) is 0 Å².